The smallest absolute Gasteiger partial charge is 0.169 e. The van der Waals surface area contributed by atoms with Crippen LogP contribution in [0, 0.1) is 0 Å². The van der Waals surface area contributed by atoms with E-state index in [1.54, 1.807) is 14.2 Å². The molecule has 0 heterocycles. The van der Waals surface area contributed by atoms with E-state index in [1.807, 2.05) is 12.1 Å². The third-order valence-corrected chi connectivity index (χ3v) is 4.52. The summed E-state index contributed by atoms with van der Waals surface area (Å²) < 4.78 is 10.9. The van der Waals surface area contributed by atoms with Gasteiger partial charge in [-0.2, -0.15) is 0 Å². The summed E-state index contributed by atoms with van der Waals surface area (Å²) in [6.07, 6.45) is 3.72. The van der Waals surface area contributed by atoms with Crippen LogP contribution in [0.5, 0.6) is 11.5 Å². The first-order chi connectivity index (χ1) is 10.8. The zero-order valence-electron chi connectivity index (χ0n) is 13.3. The van der Waals surface area contributed by atoms with Crippen molar-refractivity contribution >= 4 is 0 Å². The number of ether oxygens (including phenoxy) is 2. The Hall–Kier alpha value is -2.00. The fraction of sp³-hybridized carbons (Fsp3) is 0.368. The van der Waals surface area contributed by atoms with Crippen molar-refractivity contribution in [3.8, 4) is 11.5 Å². The highest BCUT2D eigenvalue weighted by molar-refractivity contribution is 5.46. The van der Waals surface area contributed by atoms with Crippen LogP contribution in [0.25, 0.3) is 0 Å². The molecule has 0 aromatic heterocycles. The summed E-state index contributed by atoms with van der Waals surface area (Å²) in [6.45, 7) is 0.902. The second-order valence-electron chi connectivity index (χ2n) is 5.79. The number of rotatable bonds is 5. The number of hydrogen-bond donors (Lipinski definition) is 1. The monoisotopic (exact) mass is 298 g/mol. The van der Waals surface area contributed by atoms with Gasteiger partial charge in [0, 0.05) is 12.0 Å². The number of quaternary nitrogens is 1. The van der Waals surface area contributed by atoms with Crippen LogP contribution in [0.4, 0.5) is 0 Å². The molecule has 0 fully saturated rings. The highest BCUT2D eigenvalue weighted by atomic mass is 16.5. The topological polar surface area (TPSA) is 35.1 Å². The molecule has 2 aromatic rings. The van der Waals surface area contributed by atoms with Crippen molar-refractivity contribution < 1.29 is 14.8 Å². The first-order valence-corrected chi connectivity index (χ1v) is 7.94. The highest BCUT2D eigenvalue weighted by Gasteiger charge is 2.23. The summed E-state index contributed by atoms with van der Waals surface area (Å²) >= 11 is 0. The fourth-order valence-electron chi connectivity index (χ4n) is 3.42. The first-order valence-electron chi connectivity index (χ1n) is 7.94. The molecule has 2 N–H and O–H groups in total. The molecular formula is C19H24NO2+. The summed E-state index contributed by atoms with van der Waals surface area (Å²) in [5.41, 5.74) is 4.19. The van der Waals surface area contributed by atoms with Gasteiger partial charge in [0.15, 0.2) is 11.5 Å². The van der Waals surface area contributed by atoms with Crippen LogP contribution in [-0.4, -0.2) is 14.2 Å². The van der Waals surface area contributed by atoms with Gasteiger partial charge < -0.3 is 14.8 Å². The van der Waals surface area contributed by atoms with Gasteiger partial charge in [0.2, 0.25) is 0 Å². The van der Waals surface area contributed by atoms with Gasteiger partial charge in [-0.15, -0.1) is 0 Å². The molecule has 1 aliphatic rings. The molecule has 3 nitrogen and oxygen atoms in total. The first kappa shape index (κ1) is 14.9. The predicted molar refractivity (Wildman–Crippen MR) is 87.3 cm³/mol. The number of aryl methyl sites for hydroxylation is 1. The average molecular weight is 298 g/mol. The van der Waals surface area contributed by atoms with E-state index >= 15 is 0 Å². The van der Waals surface area contributed by atoms with Gasteiger partial charge in [0.05, 0.1) is 19.8 Å². The summed E-state index contributed by atoms with van der Waals surface area (Å²) in [4.78, 5) is 0. The minimum atomic E-state index is 0.542. The van der Waals surface area contributed by atoms with E-state index < -0.39 is 0 Å². The number of fused-ring (bicyclic) bond motifs is 1. The van der Waals surface area contributed by atoms with Crippen molar-refractivity contribution in [3.63, 3.8) is 0 Å². The van der Waals surface area contributed by atoms with Crippen LogP contribution < -0.4 is 14.8 Å². The minimum absolute atomic E-state index is 0.542. The molecule has 0 unspecified atom stereocenters. The molecule has 0 bridgehead atoms. The predicted octanol–water partition coefficient (Wildman–Crippen LogP) is 2.84. The van der Waals surface area contributed by atoms with Gasteiger partial charge >= 0.3 is 0 Å². The molecule has 0 spiro atoms. The second-order valence-corrected chi connectivity index (χ2v) is 5.79. The lowest BCUT2D eigenvalue weighted by Gasteiger charge is -2.24. The van der Waals surface area contributed by atoms with Crippen molar-refractivity contribution in [3.05, 3.63) is 59.2 Å². The Labute approximate surface area is 132 Å². The molecule has 1 aliphatic carbocycles. The lowest BCUT2D eigenvalue weighted by atomic mass is 9.87. The quantitative estimate of drug-likeness (QED) is 0.921. The highest BCUT2D eigenvalue weighted by Crippen LogP contribution is 2.31. The summed E-state index contributed by atoms with van der Waals surface area (Å²) in [7, 11) is 3.39. The zero-order chi connectivity index (χ0) is 15.4. The maximum Gasteiger partial charge on any atom is 0.169 e. The van der Waals surface area contributed by atoms with Crippen molar-refractivity contribution in [1.29, 1.82) is 0 Å². The van der Waals surface area contributed by atoms with Crippen molar-refractivity contribution in [2.45, 2.75) is 31.8 Å². The van der Waals surface area contributed by atoms with E-state index in [4.69, 9.17) is 9.47 Å². The molecule has 0 amide bonds. The molecule has 116 valence electrons. The third-order valence-electron chi connectivity index (χ3n) is 4.52. The molecule has 22 heavy (non-hydrogen) atoms. The summed E-state index contributed by atoms with van der Waals surface area (Å²) in [6, 6.07) is 15.5. The maximum atomic E-state index is 5.53. The Bertz CT molecular complexity index is 639. The lowest BCUT2D eigenvalue weighted by Crippen LogP contribution is -2.84. The molecule has 3 rings (SSSR count). The largest absolute Gasteiger partial charge is 0.493 e. The Morgan fingerprint density at radius 2 is 1.91 bits per heavy atom. The Morgan fingerprint density at radius 1 is 1.05 bits per heavy atom. The zero-order valence-corrected chi connectivity index (χ0v) is 13.3. The molecule has 1 atom stereocenters. The Morgan fingerprint density at radius 3 is 2.73 bits per heavy atom. The van der Waals surface area contributed by atoms with Gasteiger partial charge in [-0.1, -0.05) is 30.3 Å². The van der Waals surface area contributed by atoms with Gasteiger partial charge in [0.1, 0.15) is 12.6 Å². The summed E-state index contributed by atoms with van der Waals surface area (Å²) in [5.74, 6) is 1.66. The van der Waals surface area contributed by atoms with Gasteiger partial charge in [-0.3, -0.25) is 0 Å². The van der Waals surface area contributed by atoms with Crippen LogP contribution in [-0.2, 0) is 13.0 Å². The fourth-order valence-corrected chi connectivity index (χ4v) is 3.42. The maximum absolute atomic E-state index is 5.53. The van der Waals surface area contributed by atoms with Crippen LogP contribution in [0.3, 0.4) is 0 Å². The molecule has 3 heteroatoms. The lowest BCUT2D eigenvalue weighted by molar-refractivity contribution is -0.712. The van der Waals surface area contributed by atoms with Gasteiger partial charge in [-0.05, 0) is 30.5 Å². The van der Waals surface area contributed by atoms with Crippen LogP contribution in [0.2, 0.25) is 0 Å². The SMILES string of the molecule is COc1cccc(C[NH2+][C@@H]2CCCc3ccccc32)c1OC. The van der Waals surface area contributed by atoms with E-state index in [0.717, 1.165) is 18.0 Å². The van der Waals surface area contributed by atoms with Crippen molar-refractivity contribution in [2.24, 2.45) is 0 Å². The number of para-hydroxylation sites is 1. The Balaban J connectivity index is 1.77. The number of nitrogens with two attached hydrogens (primary N) is 1. The van der Waals surface area contributed by atoms with E-state index in [2.05, 4.69) is 35.6 Å². The van der Waals surface area contributed by atoms with Crippen LogP contribution in [0.15, 0.2) is 42.5 Å². The number of hydrogen-bond acceptors (Lipinski definition) is 2. The third kappa shape index (κ3) is 2.95. The van der Waals surface area contributed by atoms with E-state index in [9.17, 15) is 0 Å². The molecule has 2 aromatic carbocycles. The molecule has 0 aliphatic heterocycles. The molecule has 0 saturated heterocycles. The van der Waals surface area contributed by atoms with E-state index in [1.165, 1.54) is 36.0 Å². The standard InChI is InChI=1S/C19H23NO2/c1-21-18-12-6-9-15(19(18)22-2)13-20-17-11-5-8-14-7-3-4-10-16(14)17/h3-4,6-7,9-10,12,17,20H,5,8,11,13H2,1-2H3/p+1/t17-/m1/s1. The van der Waals surface area contributed by atoms with Gasteiger partial charge in [-0.25, -0.2) is 0 Å². The molecule has 0 radical (unpaired) electrons. The normalized spacial score (nSPS) is 16.9. The molecule has 0 saturated carbocycles. The summed E-state index contributed by atoms with van der Waals surface area (Å²) in [5, 5.41) is 2.43. The average Bonchev–Trinajstić information content (AvgIpc) is 2.59. The van der Waals surface area contributed by atoms with Crippen molar-refractivity contribution in [2.75, 3.05) is 14.2 Å². The molecular weight excluding hydrogens is 274 g/mol. The second kappa shape index (κ2) is 6.84. The van der Waals surface area contributed by atoms with Crippen LogP contribution >= 0.6 is 0 Å². The van der Waals surface area contributed by atoms with E-state index in [0.29, 0.717) is 6.04 Å². The van der Waals surface area contributed by atoms with Crippen molar-refractivity contribution in [1.82, 2.24) is 0 Å². The van der Waals surface area contributed by atoms with Gasteiger partial charge in [0.25, 0.3) is 0 Å². The van der Waals surface area contributed by atoms with Crippen LogP contribution in [0.1, 0.15) is 35.6 Å². The minimum Gasteiger partial charge on any atom is -0.493 e. The number of benzene rings is 2. The van der Waals surface area contributed by atoms with E-state index in [-0.39, 0.29) is 0 Å². The Kier molecular flexibility index (Phi) is 4.64. The number of methoxy groups -OCH3 is 2.